The van der Waals surface area contributed by atoms with Crippen LogP contribution in [0.25, 0.3) is 33.5 Å². The molecule has 0 saturated heterocycles. The number of aromatic amines is 2. The van der Waals surface area contributed by atoms with Crippen LogP contribution >= 0.6 is 15.9 Å². The number of halogens is 1. The Morgan fingerprint density at radius 3 is 2.59 bits per heavy atom. The van der Waals surface area contributed by atoms with Gasteiger partial charge in [0.05, 0.1) is 31.4 Å². The number of benzene rings is 2. The first-order valence-electron chi connectivity index (χ1n) is 11.2. The van der Waals surface area contributed by atoms with Crippen LogP contribution in [0.2, 0.25) is 0 Å². The first-order chi connectivity index (χ1) is 16.3. The molecule has 5 nitrogen and oxygen atoms in total. The molecule has 0 aliphatic rings. The lowest BCUT2D eigenvalue weighted by molar-refractivity contribution is 0.290. The summed E-state index contributed by atoms with van der Waals surface area (Å²) in [6, 6.07) is 12.2. The fraction of sp³-hybridized carbons (Fsp3) is 0.250. The first kappa shape index (κ1) is 23.9. The summed E-state index contributed by atoms with van der Waals surface area (Å²) in [7, 11) is 3.36. The maximum Gasteiger partial charge on any atom is 0.140 e. The summed E-state index contributed by atoms with van der Waals surface area (Å²) in [5.74, 6) is 2.49. The normalized spacial score (nSPS) is 13.6. The number of aromatic nitrogens is 3. The number of fused-ring (bicyclic) bond motifs is 1. The Balaban J connectivity index is 1.92. The van der Waals surface area contributed by atoms with Gasteiger partial charge in [0.1, 0.15) is 11.6 Å². The molecule has 34 heavy (non-hydrogen) atoms. The van der Waals surface area contributed by atoms with Crippen LogP contribution in [0.1, 0.15) is 31.5 Å². The second-order valence-electron chi connectivity index (χ2n) is 8.73. The molecule has 2 N–H and O–H groups in total. The molecule has 2 aromatic heterocycles. The van der Waals surface area contributed by atoms with E-state index in [0.29, 0.717) is 0 Å². The summed E-state index contributed by atoms with van der Waals surface area (Å²) in [6.07, 6.45) is 6.81. The third-order valence-electron chi connectivity index (χ3n) is 6.43. The molecule has 0 bridgehead atoms. The quantitative estimate of drug-likeness (QED) is 0.185. The maximum absolute atomic E-state index is 5.38. The van der Waals surface area contributed by atoms with Crippen LogP contribution in [0.15, 0.2) is 71.6 Å². The summed E-state index contributed by atoms with van der Waals surface area (Å²) < 4.78 is 11.8. The van der Waals surface area contributed by atoms with Crippen molar-refractivity contribution in [3.8, 4) is 28.4 Å². The molecule has 0 fully saturated rings. The standard InChI is InChI=1S/C28H30BrN3O2/c1-7-28(4,13-12-18(3)33-5)26-25(19-8-10-21(34-6)11-9-19)31-27(32-26)23-16-30-24-17(2)14-20(29)15-22(23)24/h7-12,14-16,30H,1,13H2,2-6H3,(H,31,32)/b18-12+. The summed E-state index contributed by atoms with van der Waals surface area (Å²) in [6.45, 7) is 10.4. The van der Waals surface area contributed by atoms with Gasteiger partial charge in [-0.2, -0.15) is 0 Å². The lowest BCUT2D eigenvalue weighted by Crippen LogP contribution is -2.19. The summed E-state index contributed by atoms with van der Waals surface area (Å²) >= 11 is 3.64. The van der Waals surface area contributed by atoms with E-state index >= 15 is 0 Å². The van der Waals surface area contributed by atoms with E-state index in [0.717, 1.165) is 61.6 Å². The number of aryl methyl sites for hydroxylation is 1. The van der Waals surface area contributed by atoms with Gasteiger partial charge >= 0.3 is 0 Å². The number of nitrogens with one attached hydrogen (secondary N) is 2. The second kappa shape index (κ2) is 9.55. The Labute approximate surface area is 209 Å². The molecule has 0 spiro atoms. The van der Waals surface area contributed by atoms with Crippen LogP contribution in [-0.2, 0) is 10.2 Å². The van der Waals surface area contributed by atoms with Crippen molar-refractivity contribution in [2.24, 2.45) is 0 Å². The molecule has 4 aromatic rings. The van der Waals surface area contributed by atoms with Gasteiger partial charge in [-0.1, -0.05) is 28.9 Å². The highest BCUT2D eigenvalue weighted by Gasteiger charge is 2.30. The van der Waals surface area contributed by atoms with E-state index in [-0.39, 0.29) is 5.41 Å². The van der Waals surface area contributed by atoms with Crippen molar-refractivity contribution in [2.45, 2.75) is 32.6 Å². The molecule has 176 valence electrons. The van der Waals surface area contributed by atoms with Crippen molar-refractivity contribution in [1.82, 2.24) is 15.0 Å². The zero-order valence-electron chi connectivity index (χ0n) is 20.3. The van der Waals surface area contributed by atoms with Crippen LogP contribution in [0.4, 0.5) is 0 Å². The average Bonchev–Trinajstić information content (AvgIpc) is 3.47. The maximum atomic E-state index is 5.38. The van der Waals surface area contributed by atoms with Crippen LogP contribution in [0.3, 0.4) is 0 Å². The zero-order valence-corrected chi connectivity index (χ0v) is 21.8. The smallest absolute Gasteiger partial charge is 0.140 e. The Morgan fingerprint density at radius 1 is 1.21 bits per heavy atom. The number of methoxy groups -OCH3 is 2. The lowest BCUT2D eigenvalue weighted by atomic mass is 9.81. The Kier molecular flexibility index (Phi) is 6.71. The highest BCUT2D eigenvalue weighted by atomic mass is 79.9. The van der Waals surface area contributed by atoms with E-state index in [1.54, 1.807) is 14.2 Å². The van der Waals surface area contributed by atoms with E-state index in [1.165, 1.54) is 5.56 Å². The number of allylic oxidation sites excluding steroid dienone is 3. The molecule has 4 rings (SSSR count). The monoisotopic (exact) mass is 519 g/mol. The number of nitrogens with zero attached hydrogens (tertiary/aromatic N) is 1. The van der Waals surface area contributed by atoms with Crippen molar-refractivity contribution in [2.75, 3.05) is 14.2 Å². The van der Waals surface area contributed by atoms with Gasteiger partial charge in [0, 0.05) is 38.1 Å². The minimum absolute atomic E-state index is 0.386. The zero-order chi connectivity index (χ0) is 24.5. The highest BCUT2D eigenvalue weighted by molar-refractivity contribution is 9.10. The Morgan fingerprint density at radius 2 is 1.94 bits per heavy atom. The molecule has 1 unspecified atom stereocenters. The van der Waals surface area contributed by atoms with E-state index < -0.39 is 0 Å². The summed E-state index contributed by atoms with van der Waals surface area (Å²) in [4.78, 5) is 12.2. The number of imidazole rings is 1. The molecule has 1 atom stereocenters. The van der Waals surface area contributed by atoms with Crippen LogP contribution in [-0.4, -0.2) is 29.2 Å². The molecule has 0 aliphatic carbocycles. The van der Waals surface area contributed by atoms with Crippen LogP contribution in [0.5, 0.6) is 5.75 Å². The second-order valence-corrected chi connectivity index (χ2v) is 9.65. The predicted octanol–water partition coefficient (Wildman–Crippen LogP) is 7.69. The summed E-state index contributed by atoms with van der Waals surface area (Å²) in [5, 5.41) is 1.11. The van der Waals surface area contributed by atoms with Crippen LogP contribution in [0, 0.1) is 6.92 Å². The number of hydrogen-bond donors (Lipinski definition) is 2. The number of rotatable bonds is 8. The van der Waals surface area contributed by atoms with Gasteiger partial charge in [0.25, 0.3) is 0 Å². The van der Waals surface area contributed by atoms with E-state index in [4.69, 9.17) is 14.5 Å². The molecular formula is C28H30BrN3O2. The third kappa shape index (κ3) is 4.42. The topological polar surface area (TPSA) is 62.9 Å². The van der Waals surface area contributed by atoms with Gasteiger partial charge in [-0.25, -0.2) is 4.98 Å². The largest absolute Gasteiger partial charge is 0.502 e. The van der Waals surface area contributed by atoms with Gasteiger partial charge in [-0.3, -0.25) is 0 Å². The van der Waals surface area contributed by atoms with Crippen LogP contribution < -0.4 is 4.74 Å². The number of H-pyrrole nitrogens is 2. The third-order valence-corrected chi connectivity index (χ3v) is 6.89. The molecule has 0 amide bonds. The Bertz CT molecular complexity index is 1360. The van der Waals surface area contributed by atoms with Crippen molar-refractivity contribution in [3.05, 3.63) is 82.8 Å². The molecule has 0 aliphatic heterocycles. The molecule has 0 radical (unpaired) electrons. The van der Waals surface area contributed by atoms with Crippen molar-refractivity contribution in [3.63, 3.8) is 0 Å². The van der Waals surface area contributed by atoms with Crippen molar-refractivity contribution >= 4 is 26.8 Å². The van der Waals surface area contributed by atoms with Gasteiger partial charge in [-0.15, -0.1) is 6.58 Å². The fourth-order valence-corrected chi connectivity index (χ4v) is 4.74. The van der Waals surface area contributed by atoms with Gasteiger partial charge in [0.15, 0.2) is 0 Å². The van der Waals surface area contributed by atoms with Gasteiger partial charge < -0.3 is 19.4 Å². The highest BCUT2D eigenvalue weighted by Crippen LogP contribution is 2.40. The van der Waals surface area contributed by atoms with Crippen molar-refractivity contribution in [1.29, 1.82) is 0 Å². The molecule has 2 aromatic carbocycles. The van der Waals surface area contributed by atoms with Gasteiger partial charge in [0.2, 0.25) is 0 Å². The molecule has 2 heterocycles. The first-order valence-corrected chi connectivity index (χ1v) is 12.0. The molecule has 0 saturated carbocycles. The van der Waals surface area contributed by atoms with E-state index in [2.05, 4.69) is 64.5 Å². The summed E-state index contributed by atoms with van der Waals surface area (Å²) in [5.41, 5.74) is 5.82. The predicted molar refractivity (Wildman–Crippen MR) is 143 cm³/mol. The molecule has 6 heteroatoms. The van der Waals surface area contributed by atoms with Crippen molar-refractivity contribution < 1.29 is 9.47 Å². The Hall–Kier alpha value is -3.25. The number of ether oxygens (including phenoxy) is 2. The van der Waals surface area contributed by atoms with E-state index in [1.807, 2.05) is 43.5 Å². The number of hydrogen-bond acceptors (Lipinski definition) is 3. The van der Waals surface area contributed by atoms with E-state index in [9.17, 15) is 0 Å². The minimum atomic E-state index is -0.386. The lowest BCUT2D eigenvalue weighted by Gasteiger charge is -2.24. The average molecular weight is 520 g/mol. The SMILES string of the molecule is C=CC(C)(C/C=C(\C)OC)c1[nH]c(-c2c[nH]c3c(C)cc(Br)cc23)nc1-c1ccc(OC)cc1. The van der Waals surface area contributed by atoms with Gasteiger partial charge in [-0.05, 0) is 68.3 Å². The fourth-order valence-electron chi connectivity index (χ4n) is 4.16. The molecular weight excluding hydrogens is 490 g/mol. The minimum Gasteiger partial charge on any atom is -0.502 e.